The molecule has 17 heavy (non-hydrogen) atoms. The lowest BCUT2D eigenvalue weighted by Gasteiger charge is -2.17. The zero-order valence-electron chi connectivity index (χ0n) is 10.2. The van der Waals surface area contributed by atoms with Crippen LogP contribution in [0.3, 0.4) is 0 Å². The molecule has 0 amide bonds. The molecule has 2 N–H and O–H groups in total. The van der Waals surface area contributed by atoms with E-state index in [4.69, 9.17) is 5.73 Å². The van der Waals surface area contributed by atoms with Crippen molar-refractivity contribution in [2.75, 3.05) is 11.9 Å². The molecule has 5 heteroatoms. The van der Waals surface area contributed by atoms with Crippen LogP contribution in [-0.4, -0.2) is 21.6 Å². The summed E-state index contributed by atoms with van der Waals surface area (Å²) in [5, 5.41) is 0. The summed E-state index contributed by atoms with van der Waals surface area (Å²) in [6, 6.07) is 3.97. The predicted octanol–water partition coefficient (Wildman–Crippen LogP) is 0.910. The van der Waals surface area contributed by atoms with E-state index in [2.05, 4.69) is 14.9 Å². The summed E-state index contributed by atoms with van der Waals surface area (Å²) in [7, 11) is 3.99. The molecule has 0 fully saturated rings. The van der Waals surface area contributed by atoms with E-state index in [1.54, 1.807) is 6.20 Å². The smallest absolute Gasteiger partial charge is 0.128 e. The highest BCUT2D eigenvalue weighted by Gasteiger charge is 2.06. The molecule has 0 saturated carbocycles. The van der Waals surface area contributed by atoms with Gasteiger partial charge in [0.05, 0.1) is 6.54 Å². The standard InChI is InChI=1S/C12H17N5/c1-16-6-5-14-12(16)9-17(2)11-4-3-10(7-13)8-15-11/h3-6,8H,7,9,13H2,1-2H3. The molecule has 0 aromatic carbocycles. The van der Waals surface area contributed by atoms with Gasteiger partial charge in [-0.1, -0.05) is 6.07 Å². The van der Waals surface area contributed by atoms with Crippen LogP contribution < -0.4 is 10.6 Å². The van der Waals surface area contributed by atoms with Crippen LogP contribution in [0.25, 0.3) is 0 Å². The SMILES string of the molecule is CN(Cc1nccn1C)c1ccc(CN)cn1. The number of nitrogens with two attached hydrogens (primary N) is 1. The highest BCUT2D eigenvalue weighted by molar-refractivity contribution is 5.38. The van der Waals surface area contributed by atoms with Crippen LogP contribution in [0.1, 0.15) is 11.4 Å². The summed E-state index contributed by atoms with van der Waals surface area (Å²) in [5.74, 6) is 1.93. The summed E-state index contributed by atoms with van der Waals surface area (Å²) < 4.78 is 2.00. The minimum Gasteiger partial charge on any atom is -0.352 e. The van der Waals surface area contributed by atoms with Gasteiger partial charge in [-0.25, -0.2) is 9.97 Å². The fourth-order valence-corrected chi connectivity index (χ4v) is 1.61. The normalized spacial score (nSPS) is 10.5. The van der Waals surface area contributed by atoms with E-state index in [1.807, 2.05) is 43.2 Å². The molecular weight excluding hydrogens is 214 g/mol. The van der Waals surface area contributed by atoms with E-state index in [-0.39, 0.29) is 0 Å². The lowest BCUT2D eigenvalue weighted by molar-refractivity contribution is 0.755. The quantitative estimate of drug-likeness (QED) is 0.849. The topological polar surface area (TPSA) is 60.0 Å². The number of aromatic nitrogens is 3. The van der Waals surface area contributed by atoms with Crippen molar-refractivity contribution in [2.45, 2.75) is 13.1 Å². The minimum atomic E-state index is 0.524. The van der Waals surface area contributed by atoms with Crippen LogP contribution in [0.2, 0.25) is 0 Å². The van der Waals surface area contributed by atoms with Crippen LogP contribution in [0, 0.1) is 0 Å². The Morgan fingerprint density at radius 3 is 2.71 bits per heavy atom. The highest BCUT2D eigenvalue weighted by atomic mass is 15.2. The molecule has 0 spiro atoms. The third-order valence-corrected chi connectivity index (χ3v) is 2.74. The maximum Gasteiger partial charge on any atom is 0.128 e. The third kappa shape index (κ3) is 2.62. The molecular formula is C12H17N5. The molecule has 0 aliphatic carbocycles. The molecule has 0 aliphatic heterocycles. The molecule has 0 atom stereocenters. The van der Waals surface area contributed by atoms with Crippen LogP contribution >= 0.6 is 0 Å². The summed E-state index contributed by atoms with van der Waals surface area (Å²) in [6.45, 7) is 1.26. The first kappa shape index (κ1) is 11.6. The minimum absolute atomic E-state index is 0.524. The molecule has 2 rings (SSSR count). The van der Waals surface area contributed by atoms with Gasteiger partial charge in [-0.2, -0.15) is 0 Å². The molecule has 2 aromatic heterocycles. The Kier molecular flexibility index (Phi) is 3.39. The van der Waals surface area contributed by atoms with Gasteiger partial charge in [-0.3, -0.25) is 0 Å². The first-order valence-electron chi connectivity index (χ1n) is 5.53. The second-order valence-electron chi connectivity index (χ2n) is 4.04. The van der Waals surface area contributed by atoms with Gasteiger partial charge in [0.15, 0.2) is 0 Å². The Morgan fingerprint density at radius 2 is 2.18 bits per heavy atom. The molecule has 0 radical (unpaired) electrons. The largest absolute Gasteiger partial charge is 0.352 e. The van der Waals surface area contributed by atoms with Crippen molar-refractivity contribution in [2.24, 2.45) is 12.8 Å². The third-order valence-electron chi connectivity index (χ3n) is 2.74. The first-order chi connectivity index (χ1) is 8.20. The van der Waals surface area contributed by atoms with Crippen molar-refractivity contribution in [3.05, 3.63) is 42.1 Å². The monoisotopic (exact) mass is 231 g/mol. The molecule has 90 valence electrons. The van der Waals surface area contributed by atoms with Crippen LogP contribution in [0.5, 0.6) is 0 Å². The maximum absolute atomic E-state index is 5.54. The van der Waals surface area contributed by atoms with E-state index in [9.17, 15) is 0 Å². The van der Waals surface area contributed by atoms with E-state index >= 15 is 0 Å². The van der Waals surface area contributed by atoms with Crippen LogP contribution in [0.15, 0.2) is 30.7 Å². The van der Waals surface area contributed by atoms with Crippen molar-refractivity contribution in [3.8, 4) is 0 Å². The van der Waals surface area contributed by atoms with Crippen molar-refractivity contribution in [3.63, 3.8) is 0 Å². The zero-order valence-corrected chi connectivity index (χ0v) is 10.2. The van der Waals surface area contributed by atoms with Gasteiger partial charge in [-0.05, 0) is 11.6 Å². The summed E-state index contributed by atoms with van der Waals surface area (Å²) in [6.07, 6.45) is 5.55. The summed E-state index contributed by atoms with van der Waals surface area (Å²) in [4.78, 5) is 10.7. The van der Waals surface area contributed by atoms with E-state index in [0.717, 1.165) is 23.8 Å². The molecule has 0 aliphatic rings. The van der Waals surface area contributed by atoms with Crippen LogP contribution in [-0.2, 0) is 20.1 Å². The number of hydrogen-bond donors (Lipinski definition) is 1. The summed E-state index contributed by atoms with van der Waals surface area (Å²) in [5.41, 5.74) is 6.58. The second-order valence-corrected chi connectivity index (χ2v) is 4.04. The van der Waals surface area contributed by atoms with Crippen LogP contribution in [0.4, 0.5) is 5.82 Å². The molecule has 0 saturated heterocycles. The lowest BCUT2D eigenvalue weighted by atomic mass is 10.3. The predicted molar refractivity (Wildman–Crippen MR) is 67.4 cm³/mol. The van der Waals surface area contributed by atoms with Crippen molar-refractivity contribution < 1.29 is 0 Å². The van der Waals surface area contributed by atoms with Gasteiger partial charge >= 0.3 is 0 Å². The Balaban J connectivity index is 2.09. The number of anilines is 1. The molecule has 0 unspecified atom stereocenters. The maximum atomic E-state index is 5.54. The molecule has 0 bridgehead atoms. The van der Waals surface area contributed by atoms with Gasteiger partial charge < -0.3 is 15.2 Å². The number of rotatable bonds is 4. The lowest BCUT2D eigenvalue weighted by Crippen LogP contribution is -2.20. The van der Waals surface area contributed by atoms with Gasteiger partial charge in [-0.15, -0.1) is 0 Å². The van der Waals surface area contributed by atoms with Gasteiger partial charge in [0, 0.05) is 39.2 Å². The van der Waals surface area contributed by atoms with Gasteiger partial charge in [0.25, 0.3) is 0 Å². The molecule has 2 aromatic rings. The van der Waals surface area contributed by atoms with Crippen molar-refractivity contribution in [1.82, 2.24) is 14.5 Å². The Hall–Kier alpha value is -1.88. The first-order valence-corrected chi connectivity index (χ1v) is 5.53. The number of imidazole rings is 1. The average molecular weight is 231 g/mol. The van der Waals surface area contributed by atoms with E-state index in [0.29, 0.717) is 6.54 Å². The Bertz CT molecular complexity index is 474. The fourth-order valence-electron chi connectivity index (χ4n) is 1.61. The summed E-state index contributed by atoms with van der Waals surface area (Å²) >= 11 is 0. The fraction of sp³-hybridized carbons (Fsp3) is 0.333. The average Bonchev–Trinajstić information content (AvgIpc) is 2.75. The second kappa shape index (κ2) is 4.97. The number of hydrogen-bond acceptors (Lipinski definition) is 4. The van der Waals surface area contributed by atoms with Crippen molar-refractivity contribution >= 4 is 5.82 Å². The van der Waals surface area contributed by atoms with Gasteiger partial charge in [0.2, 0.25) is 0 Å². The number of aryl methyl sites for hydroxylation is 1. The zero-order chi connectivity index (χ0) is 12.3. The van der Waals surface area contributed by atoms with E-state index < -0.39 is 0 Å². The molecule has 5 nitrogen and oxygen atoms in total. The Labute approximate surface area is 101 Å². The number of pyridine rings is 1. The Morgan fingerprint density at radius 1 is 1.35 bits per heavy atom. The van der Waals surface area contributed by atoms with E-state index in [1.165, 1.54) is 0 Å². The van der Waals surface area contributed by atoms with Gasteiger partial charge in [0.1, 0.15) is 11.6 Å². The van der Waals surface area contributed by atoms with Crippen molar-refractivity contribution in [1.29, 1.82) is 0 Å². The molecule has 2 heterocycles. The number of nitrogens with zero attached hydrogens (tertiary/aromatic N) is 4. The highest BCUT2D eigenvalue weighted by Crippen LogP contribution is 2.11.